The van der Waals surface area contributed by atoms with E-state index in [1.165, 1.54) is 0 Å². The Labute approximate surface area is 229 Å². The summed E-state index contributed by atoms with van der Waals surface area (Å²) in [5, 5.41) is 0. The van der Waals surface area contributed by atoms with Crippen LogP contribution in [0.5, 0.6) is 11.5 Å². The average Bonchev–Trinajstić information content (AvgIpc) is 2.98. The molecule has 0 atom stereocenters. The van der Waals surface area contributed by atoms with E-state index in [2.05, 4.69) is 78.9 Å². The highest BCUT2D eigenvalue weighted by Crippen LogP contribution is 2.38. The third kappa shape index (κ3) is 5.31. The van der Waals surface area contributed by atoms with Gasteiger partial charge in [-0.05, 0) is 80.9 Å². The van der Waals surface area contributed by atoms with Crippen molar-refractivity contribution in [2.75, 3.05) is 14.2 Å². The molecule has 0 bridgehead atoms. The minimum Gasteiger partial charge on any atom is -0.497 e. The van der Waals surface area contributed by atoms with Gasteiger partial charge in [0.1, 0.15) is 16.1 Å². The lowest BCUT2D eigenvalue weighted by atomic mass is 9.85. The molecule has 0 aliphatic rings. The Bertz CT molecular complexity index is 1570. The molecule has 5 aromatic rings. The van der Waals surface area contributed by atoms with Crippen LogP contribution < -0.4 is 9.47 Å². The first-order chi connectivity index (χ1) is 18.6. The monoisotopic (exact) mass is 515 g/mol. The summed E-state index contributed by atoms with van der Waals surface area (Å²) < 4.78 is 13.6. The number of aryl methyl sites for hydroxylation is 1. The van der Waals surface area contributed by atoms with Gasteiger partial charge in [0, 0.05) is 13.2 Å². The van der Waals surface area contributed by atoms with Crippen molar-refractivity contribution in [2.45, 2.75) is 0 Å². The second-order valence-corrected chi connectivity index (χ2v) is 9.43. The molecular formula is C34H29NO2S. The third-order valence-electron chi connectivity index (χ3n) is 6.68. The number of aromatic nitrogens is 1. The number of ether oxygens (including phenoxy) is 2. The predicted octanol–water partition coefficient (Wildman–Crippen LogP) is 8.45. The molecule has 0 N–H and O–H groups in total. The highest BCUT2D eigenvalue weighted by Gasteiger charge is 2.17. The van der Waals surface area contributed by atoms with Gasteiger partial charge in [-0.25, -0.2) is 0 Å². The van der Waals surface area contributed by atoms with Gasteiger partial charge in [0.15, 0.2) is 0 Å². The summed E-state index contributed by atoms with van der Waals surface area (Å²) in [4.78, 5) is 0. The van der Waals surface area contributed by atoms with E-state index in [0.717, 1.165) is 60.7 Å². The van der Waals surface area contributed by atoms with Gasteiger partial charge in [0.2, 0.25) is 0 Å². The molecule has 1 aromatic heterocycles. The molecule has 0 radical (unpaired) electrons. The van der Waals surface area contributed by atoms with Crippen molar-refractivity contribution in [3.8, 4) is 22.6 Å². The lowest BCUT2D eigenvalue weighted by molar-refractivity contribution is 0.414. The predicted molar refractivity (Wildman–Crippen MR) is 159 cm³/mol. The summed E-state index contributed by atoms with van der Waals surface area (Å²) in [6.07, 6.45) is 2.01. The molecule has 0 saturated carbocycles. The van der Waals surface area contributed by atoms with Crippen molar-refractivity contribution >= 4 is 23.4 Å². The fraction of sp³-hybridized carbons (Fsp3) is 0.0882. The first-order valence-electron chi connectivity index (χ1n) is 12.4. The van der Waals surface area contributed by atoms with Gasteiger partial charge < -0.3 is 14.0 Å². The molecule has 0 fully saturated rings. The van der Waals surface area contributed by atoms with Crippen molar-refractivity contribution in [1.29, 1.82) is 0 Å². The highest BCUT2D eigenvalue weighted by atomic mass is 32.1. The maximum atomic E-state index is 5.49. The number of methoxy groups -OCH3 is 2. The zero-order chi connectivity index (χ0) is 26.5. The Morgan fingerprint density at radius 3 is 1.45 bits per heavy atom. The van der Waals surface area contributed by atoms with Crippen LogP contribution in [-0.4, -0.2) is 18.8 Å². The van der Waals surface area contributed by atoms with Gasteiger partial charge in [-0.1, -0.05) is 91.1 Å². The van der Waals surface area contributed by atoms with Crippen LogP contribution in [0.25, 0.3) is 22.3 Å². The quantitative estimate of drug-likeness (QED) is 0.160. The summed E-state index contributed by atoms with van der Waals surface area (Å²) in [7, 11) is 5.34. The van der Waals surface area contributed by atoms with E-state index in [9.17, 15) is 0 Å². The van der Waals surface area contributed by atoms with Crippen LogP contribution in [0.1, 0.15) is 22.3 Å². The zero-order valence-electron chi connectivity index (χ0n) is 21.7. The Morgan fingerprint density at radius 1 is 0.553 bits per heavy atom. The zero-order valence-corrected chi connectivity index (χ0v) is 22.5. The first-order valence-corrected chi connectivity index (χ1v) is 12.8. The second kappa shape index (κ2) is 11.3. The van der Waals surface area contributed by atoms with E-state index in [0.29, 0.717) is 0 Å². The second-order valence-electron chi connectivity index (χ2n) is 9.01. The molecule has 38 heavy (non-hydrogen) atoms. The standard InChI is InChI=1S/C34H29NO2S/c1-35-22-21-29(23-32(35)38)24-9-11-26(12-10-24)33(25-7-5-4-6-8-25)34(27-13-17-30(36-2)18-14-27)28-15-19-31(37-3)20-16-28/h4-23H,1-3H3. The fourth-order valence-corrected chi connectivity index (χ4v) is 4.78. The largest absolute Gasteiger partial charge is 0.497 e. The molecule has 4 aromatic carbocycles. The third-order valence-corrected chi connectivity index (χ3v) is 7.09. The van der Waals surface area contributed by atoms with Crippen LogP contribution in [0.4, 0.5) is 0 Å². The number of pyridine rings is 1. The van der Waals surface area contributed by atoms with Gasteiger partial charge in [0.05, 0.1) is 14.2 Å². The van der Waals surface area contributed by atoms with Gasteiger partial charge >= 0.3 is 0 Å². The first kappa shape index (κ1) is 25.2. The molecule has 0 amide bonds. The van der Waals surface area contributed by atoms with Crippen molar-refractivity contribution in [2.24, 2.45) is 7.05 Å². The van der Waals surface area contributed by atoms with Crippen molar-refractivity contribution in [3.63, 3.8) is 0 Å². The van der Waals surface area contributed by atoms with E-state index >= 15 is 0 Å². The Morgan fingerprint density at radius 2 is 1.00 bits per heavy atom. The normalized spacial score (nSPS) is 10.6. The molecule has 3 nitrogen and oxygen atoms in total. The molecule has 4 heteroatoms. The molecular weight excluding hydrogens is 486 g/mol. The van der Waals surface area contributed by atoms with Gasteiger partial charge in [-0.2, -0.15) is 0 Å². The number of hydrogen-bond donors (Lipinski definition) is 0. The number of nitrogens with zero attached hydrogens (tertiary/aromatic N) is 1. The lowest BCUT2D eigenvalue weighted by Gasteiger charge is -2.19. The Kier molecular flexibility index (Phi) is 7.52. The highest BCUT2D eigenvalue weighted by molar-refractivity contribution is 7.71. The summed E-state index contributed by atoms with van der Waals surface area (Å²) in [6, 6.07) is 39.9. The van der Waals surface area contributed by atoms with E-state index in [-0.39, 0.29) is 0 Å². The number of benzene rings is 4. The van der Waals surface area contributed by atoms with Gasteiger partial charge in [0.25, 0.3) is 0 Å². The van der Waals surface area contributed by atoms with E-state index < -0.39 is 0 Å². The van der Waals surface area contributed by atoms with E-state index in [1.54, 1.807) is 14.2 Å². The SMILES string of the molecule is COc1ccc(C(=C(c2ccccc2)c2ccc(-c3ccn(C)c(=S)c3)cc2)c2ccc(OC)cc2)cc1. The minimum atomic E-state index is 0.803. The van der Waals surface area contributed by atoms with Crippen molar-refractivity contribution < 1.29 is 9.47 Å². The molecule has 0 saturated heterocycles. The lowest BCUT2D eigenvalue weighted by Crippen LogP contribution is -1.98. The van der Waals surface area contributed by atoms with Crippen LogP contribution in [0.2, 0.25) is 0 Å². The Balaban J connectivity index is 1.74. The van der Waals surface area contributed by atoms with Crippen LogP contribution in [-0.2, 0) is 7.05 Å². The molecule has 1 heterocycles. The summed E-state index contributed by atoms with van der Waals surface area (Å²) in [5.41, 5.74) is 8.99. The molecule has 0 aliphatic carbocycles. The number of rotatable bonds is 7. The van der Waals surface area contributed by atoms with Crippen LogP contribution in [0.15, 0.2) is 121 Å². The van der Waals surface area contributed by atoms with Crippen LogP contribution in [0.3, 0.4) is 0 Å². The summed E-state index contributed by atoms with van der Waals surface area (Å²) in [6.45, 7) is 0. The molecule has 0 aliphatic heterocycles. The van der Waals surface area contributed by atoms with Gasteiger partial charge in [-0.15, -0.1) is 0 Å². The summed E-state index contributed by atoms with van der Waals surface area (Å²) in [5.74, 6) is 1.65. The van der Waals surface area contributed by atoms with Crippen LogP contribution >= 0.6 is 12.2 Å². The fourth-order valence-electron chi connectivity index (χ4n) is 4.59. The molecule has 0 spiro atoms. The van der Waals surface area contributed by atoms with Crippen LogP contribution in [0, 0.1) is 4.64 Å². The number of hydrogen-bond acceptors (Lipinski definition) is 3. The minimum absolute atomic E-state index is 0.803. The maximum absolute atomic E-state index is 5.49. The molecule has 188 valence electrons. The van der Waals surface area contributed by atoms with E-state index in [1.807, 2.05) is 54.2 Å². The maximum Gasteiger partial charge on any atom is 0.118 e. The van der Waals surface area contributed by atoms with Crippen molar-refractivity contribution in [1.82, 2.24) is 4.57 Å². The average molecular weight is 516 g/mol. The summed E-state index contributed by atoms with van der Waals surface area (Å²) >= 11 is 5.49. The Hall–Kier alpha value is -4.41. The topological polar surface area (TPSA) is 23.4 Å². The molecule has 0 unspecified atom stereocenters. The van der Waals surface area contributed by atoms with Crippen molar-refractivity contribution in [3.05, 3.63) is 148 Å². The van der Waals surface area contributed by atoms with Gasteiger partial charge in [-0.3, -0.25) is 0 Å². The smallest absolute Gasteiger partial charge is 0.118 e. The van der Waals surface area contributed by atoms with E-state index in [4.69, 9.17) is 21.7 Å². The molecule has 5 rings (SSSR count).